The van der Waals surface area contributed by atoms with E-state index < -0.39 is 0 Å². The summed E-state index contributed by atoms with van der Waals surface area (Å²) in [6.07, 6.45) is 3.06. The van der Waals surface area contributed by atoms with Crippen LogP contribution in [0.3, 0.4) is 0 Å². The van der Waals surface area contributed by atoms with E-state index in [1.165, 1.54) is 0 Å². The SMILES string of the molecule is CCC(C)CC(CC)C(=O)N(NC(C)C)C(C)C. The number of carbonyl (C=O) groups excluding carboxylic acids is 1. The van der Waals surface area contributed by atoms with Crippen molar-refractivity contribution in [3.63, 3.8) is 0 Å². The number of carbonyl (C=O) groups is 1. The molecule has 0 fully saturated rings. The van der Waals surface area contributed by atoms with Crippen LogP contribution in [0.5, 0.6) is 0 Å². The van der Waals surface area contributed by atoms with Crippen molar-refractivity contribution in [1.29, 1.82) is 0 Å². The highest BCUT2D eigenvalue weighted by Crippen LogP contribution is 2.20. The lowest BCUT2D eigenvalue weighted by Crippen LogP contribution is -2.52. The molecule has 0 aliphatic heterocycles. The minimum absolute atomic E-state index is 0.147. The first-order chi connectivity index (χ1) is 8.33. The van der Waals surface area contributed by atoms with Crippen LogP contribution in [-0.4, -0.2) is 23.0 Å². The Morgan fingerprint density at radius 3 is 1.94 bits per heavy atom. The molecule has 0 bridgehead atoms. The summed E-state index contributed by atoms with van der Waals surface area (Å²) in [5.74, 6) is 1.02. The van der Waals surface area contributed by atoms with Gasteiger partial charge in [-0.05, 0) is 46.5 Å². The van der Waals surface area contributed by atoms with E-state index in [2.05, 4.69) is 53.9 Å². The standard InChI is InChI=1S/C15H32N2O/c1-8-13(7)10-14(9-2)15(18)17(12(5)6)16-11(3)4/h11-14,16H,8-10H2,1-7H3. The van der Waals surface area contributed by atoms with Crippen LogP contribution in [0, 0.1) is 11.8 Å². The Morgan fingerprint density at radius 1 is 1.06 bits per heavy atom. The monoisotopic (exact) mass is 256 g/mol. The van der Waals surface area contributed by atoms with E-state index in [1.807, 2.05) is 5.01 Å². The van der Waals surface area contributed by atoms with E-state index in [9.17, 15) is 4.79 Å². The van der Waals surface area contributed by atoms with Crippen LogP contribution in [0.2, 0.25) is 0 Å². The van der Waals surface area contributed by atoms with Crippen molar-refractivity contribution < 1.29 is 4.79 Å². The van der Waals surface area contributed by atoms with Crippen LogP contribution in [-0.2, 0) is 4.79 Å². The third-order valence-electron chi connectivity index (χ3n) is 3.38. The highest BCUT2D eigenvalue weighted by Gasteiger charge is 2.26. The lowest BCUT2D eigenvalue weighted by Gasteiger charge is -2.33. The molecule has 3 nitrogen and oxygen atoms in total. The van der Waals surface area contributed by atoms with E-state index >= 15 is 0 Å². The number of hydrazine groups is 1. The number of hydrogen-bond donors (Lipinski definition) is 1. The molecule has 2 atom stereocenters. The molecule has 0 saturated carbocycles. The summed E-state index contributed by atoms with van der Waals surface area (Å²) in [4.78, 5) is 12.6. The van der Waals surface area contributed by atoms with Crippen molar-refractivity contribution in [3.05, 3.63) is 0 Å². The minimum Gasteiger partial charge on any atom is -0.275 e. The van der Waals surface area contributed by atoms with Gasteiger partial charge in [-0.1, -0.05) is 27.2 Å². The second-order valence-electron chi connectivity index (χ2n) is 5.94. The molecule has 3 heteroatoms. The molecule has 0 aromatic carbocycles. The van der Waals surface area contributed by atoms with Crippen molar-refractivity contribution in [2.24, 2.45) is 11.8 Å². The first kappa shape index (κ1) is 17.4. The minimum atomic E-state index is 0.147. The molecule has 2 unspecified atom stereocenters. The Morgan fingerprint density at radius 2 is 1.61 bits per heavy atom. The molecular formula is C15H32N2O. The quantitative estimate of drug-likeness (QED) is 0.673. The van der Waals surface area contributed by atoms with Gasteiger partial charge in [-0.25, -0.2) is 5.43 Å². The number of nitrogens with one attached hydrogen (secondary N) is 1. The van der Waals surface area contributed by atoms with Crippen molar-refractivity contribution >= 4 is 5.91 Å². The van der Waals surface area contributed by atoms with Gasteiger partial charge in [0.2, 0.25) is 5.91 Å². The zero-order valence-electron chi connectivity index (χ0n) is 13.3. The van der Waals surface area contributed by atoms with Crippen molar-refractivity contribution in [2.45, 2.75) is 79.8 Å². The summed E-state index contributed by atoms with van der Waals surface area (Å²) in [7, 11) is 0. The molecule has 0 spiro atoms. The average Bonchev–Trinajstić information content (AvgIpc) is 2.31. The van der Waals surface area contributed by atoms with Gasteiger partial charge in [-0.3, -0.25) is 9.80 Å². The summed E-state index contributed by atoms with van der Waals surface area (Å²) >= 11 is 0. The first-order valence-electron chi connectivity index (χ1n) is 7.42. The van der Waals surface area contributed by atoms with Crippen LogP contribution < -0.4 is 5.43 Å². The number of amides is 1. The molecule has 108 valence electrons. The predicted octanol–water partition coefficient (Wildman–Crippen LogP) is 3.60. The number of hydrogen-bond acceptors (Lipinski definition) is 2. The summed E-state index contributed by atoms with van der Waals surface area (Å²) in [5.41, 5.74) is 3.27. The first-order valence-corrected chi connectivity index (χ1v) is 7.42. The molecule has 0 heterocycles. The van der Waals surface area contributed by atoms with E-state index in [4.69, 9.17) is 0 Å². The van der Waals surface area contributed by atoms with Gasteiger partial charge >= 0.3 is 0 Å². The van der Waals surface area contributed by atoms with Crippen LogP contribution >= 0.6 is 0 Å². The van der Waals surface area contributed by atoms with E-state index in [-0.39, 0.29) is 23.9 Å². The van der Waals surface area contributed by atoms with Crippen LogP contribution in [0.25, 0.3) is 0 Å². The number of rotatable bonds is 8. The molecule has 0 aliphatic carbocycles. The van der Waals surface area contributed by atoms with Crippen LogP contribution in [0.15, 0.2) is 0 Å². The van der Waals surface area contributed by atoms with Gasteiger partial charge in [0.05, 0.1) is 0 Å². The lowest BCUT2D eigenvalue weighted by atomic mass is 9.91. The maximum Gasteiger partial charge on any atom is 0.240 e. The Labute approximate surface area is 113 Å². The third kappa shape index (κ3) is 5.85. The lowest BCUT2D eigenvalue weighted by molar-refractivity contribution is -0.142. The van der Waals surface area contributed by atoms with Gasteiger partial charge in [0.15, 0.2) is 0 Å². The molecule has 1 N–H and O–H groups in total. The summed E-state index contributed by atoms with van der Waals surface area (Å²) in [6, 6.07) is 0.489. The highest BCUT2D eigenvalue weighted by atomic mass is 16.2. The van der Waals surface area contributed by atoms with E-state index in [1.54, 1.807) is 0 Å². The molecule has 0 aromatic heterocycles. The van der Waals surface area contributed by atoms with Crippen molar-refractivity contribution in [2.75, 3.05) is 0 Å². The van der Waals surface area contributed by atoms with Gasteiger partial charge in [0, 0.05) is 18.0 Å². The normalized spacial score (nSPS) is 14.9. The van der Waals surface area contributed by atoms with Crippen molar-refractivity contribution in [1.82, 2.24) is 10.4 Å². The molecule has 0 saturated heterocycles. The van der Waals surface area contributed by atoms with Gasteiger partial charge in [-0.15, -0.1) is 0 Å². The second-order valence-corrected chi connectivity index (χ2v) is 5.94. The summed E-state index contributed by atoms with van der Waals surface area (Å²) < 4.78 is 0. The molecular weight excluding hydrogens is 224 g/mol. The molecule has 1 amide bonds. The summed E-state index contributed by atoms with van der Waals surface area (Å²) in [5, 5.41) is 1.82. The molecule has 0 rings (SSSR count). The Balaban J connectivity index is 4.69. The van der Waals surface area contributed by atoms with Gasteiger partial charge in [0.1, 0.15) is 0 Å². The Kier molecular flexibility index (Phi) is 8.25. The maximum atomic E-state index is 12.6. The summed E-state index contributed by atoms with van der Waals surface area (Å²) in [6.45, 7) is 14.8. The smallest absolute Gasteiger partial charge is 0.240 e. The highest BCUT2D eigenvalue weighted by molar-refractivity contribution is 5.78. The van der Waals surface area contributed by atoms with Gasteiger partial charge in [0.25, 0.3) is 0 Å². The fourth-order valence-electron chi connectivity index (χ4n) is 2.04. The predicted molar refractivity (Wildman–Crippen MR) is 78.1 cm³/mol. The van der Waals surface area contributed by atoms with Gasteiger partial charge < -0.3 is 0 Å². The van der Waals surface area contributed by atoms with E-state index in [0.717, 1.165) is 19.3 Å². The van der Waals surface area contributed by atoms with Gasteiger partial charge in [-0.2, -0.15) is 0 Å². The largest absolute Gasteiger partial charge is 0.275 e. The molecule has 18 heavy (non-hydrogen) atoms. The van der Waals surface area contributed by atoms with Crippen molar-refractivity contribution in [3.8, 4) is 0 Å². The van der Waals surface area contributed by atoms with Crippen LogP contribution in [0.1, 0.15) is 67.7 Å². The fraction of sp³-hybridized carbons (Fsp3) is 0.933. The third-order valence-corrected chi connectivity index (χ3v) is 3.38. The zero-order chi connectivity index (χ0) is 14.3. The second kappa shape index (κ2) is 8.52. The maximum absolute atomic E-state index is 12.6. The molecule has 0 aliphatic rings. The molecule has 0 aromatic rings. The zero-order valence-corrected chi connectivity index (χ0v) is 13.3. The fourth-order valence-corrected chi connectivity index (χ4v) is 2.04. The van der Waals surface area contributed by atoms with E-state index in [0.29, 0.717) is 5.92 Å². The molecule has 0 radical (unpaired) electrons. The Hall–Kier alpha value is -0.570. The number of nitrogens with zero attached hydrogens (tertiary/aromatic N) is 1. The van der Waals surface area contributed by atoms with Crippen LogP contribution in [0.4, 0.5) is 0 Å². The topological polar surface area (TPSA) is 32.3 Å². The average molecular weight is 256 g/mol. The Bertz CT molecular complexity index is 239.